The molecule has 0 radical (unpaired) electrons. The summed E-state index contributed by atoms with van der Waals surface area (Å²) >= 11 is 1.91. The molecule has 306 valence electrons. The molecule has 2 aromatic heterocycles. The molecule has 0 saturated carbocycles. The van der Waals surface area contributed by atoms with Crippen LogP contribution in [0.5, 0.6) is 0 Å². The van der Waals surface area contributed by atoms with Crippen LogP contribution in [0.2, 0.25) is 0 Å². The molecule has 3 nitrogen and oxygen atoms in total. The molecule has 0 bridgehead atoms. The van der Waals surface area contributed by atoms with Gasteiger partial charge in [0.2, 0.25) is 0 Å². The van der Waals surface area contributed by atoms with Gasteiger partial charge >= 0.3 is 0 Å². The van der Waals surface area contributed by atoms with Crippen LogP contribution in [-0.2, 0) is 10.8 Å². The predicted octanol–water partition coefficient (Wildman–Crippen LogP) is 17.5. The number of rotatable bonds is 6. The highest BCUT2D eigenvalue weighted by atomic mass is 32.1. The fraction of sp³-hybridized carbons (Fsp3) is 0.100. The molecule has 0 amide bonds. The molecule has 4 heteroatoms. The Hall–Kier alpha value is -7.40. The van der Waals surface area contributed by atoms with Gasteiger partial charge in [0.1, 0.15) is 11.2 Å². The first kappa shape index (κ1) is 37.2. The van der Waals surface area contributed by atoms with Crippen molar-refractivity contribution in [3.63, 3.8) is 0 Å². The molecule has 2 heterocycles. The van der Waals surface area contributed by atoms with E-state index in [9.17, 15) is 0 Å². The lowest BCUT2D eigenvalue weighted by Crippen LogP contribution is -2.24. The fourth-order valence-electron chi connectivity index (χ4n) is 11.4. The zero-order valence-corrected chi connectivity index (χ0v) is 37.0. The van der Waals surface area contributed by atoms with Gasteiger partial charge in [0.05, 0.1) is 21.5 Å². The second-order valence-electron chi connectivity index (χ2n) is 18.4. The maximum absolute atomic E-state index is 7.13. The third kappa shape index (κ3) is 5.09. The Morgan fingerprint density at radius 2 is 0.859 bits per heavy atom. The molecule has 0 spiro atoms. The van der Waals surface area contributed by atoms with E-state index >= 15 is 0 Å². The third-order valence-corrected chi connectivity index (χ3v) is 15.3. The van der Waals surface area contributed by atoms with Gasteiger partial charge in [-0.05, 0) is 112 Å². The van der Waals surface area contributed by atoms with Crippen LogP contribution >= 0.6 is 11.3 Å². The van der Waals surface area contributed by atoms with Crippen LogP contribution in [0.4, 0.5) is 34.1 Å². The third-order valence-electron chi connectivity index (χ3n) is 14.1. The van der Waals surface area contributed by atoms with Gasteiger partial charge in [-0.25, -0.2) is 0 Å². The molecule has 0 saturated heterocycles. The summed E-state index contributed by atoms with van der Waals surface area (Å²) in [6.07, 6.45) is 0. The van der Waals surface area contributed by atoms with Crippen LogP contribution in [0.1, 0.15) is 49.9 Å². The van der Waals surface area contributed by atoms with Gasteiger partial charge in [-0.2, -0.15) is 0 Å². The standard InChI is InChI=1S/C60H44N2OS/c1-59(2)45-36-48(62(39-25-13-7-14-26-39)40-27-15-8-16-28-40)58-54(42-30-18-20-32-50(42)64-58)51(45)43-33-34-44-52-46(60(3,4)56(44)55(43)59)35-47(53-41-29-17-19-31-49(41)63-57(52)53)61(37-21-9-5-10-22-37)38-23-11-6-12-24-38/h5-36H,1-4H3. The Morgan fingerprint density at radius 3 is 1.42 bits per heavy atom. The zero-order chi connectivity index (χ0) is 42.9. The zero-order valence-electron chi connectivity index (χ0n) is 36.2. The molecule has 0 unspecified atom stereocenters. The lowest BCUT2D eigenvalue weighted by Gasteiger charge is -2.32. The molecule has 0 fully saturated rings. The number of benzene rings is 9. The van der Waals surface area contributed by atoms with Crippen molar-refractivity contribution >= 4 is 87.6 Å². The fourth-order valence-corrected chi connectivity index (χ4v) is 12.6. The minimum absolute atomic E-state index is 0.337. The maximum atomic E-state index is 7.13. The summed E-state index contributed by atoms with van der Waals surface area (Å²) in [6.45, 7) is 9.81. The molecule has 0 aliphatic heterocycles. The van der Waals surface area contributed by atoms with Crippen LogP contribution in [0.25, 0.3) is 64.4 Å². The molecule has 0 N–H and O–H groups in total. The highest BCUT2D eigenvalue weighted by Crippen LogP contribution is 2.64. The van der Waals surface area contributed by atoms with E-state index in [2.05, 4.69) is 232 Å². The smallest absolute Gasteiger partial charge is 0.145 e. The van der Waals surface area contributed by atoms with E-state index in [-0.39, 0.29) is 10.8 Å². The van der Waals surface area contributed by atoms with Gasteiger partial charge in [0.15, 0.2) is 0 Å². The van der Waals surface area contributed by atoms with Crippen LogP contribution in [0, 0.1) is 0 Å². The molecular weight excluding hydrogens is 797 g/mol. The van der Waals surface area contributed by atoms with E-state index < -0.39 is 0 Å². The number of fused-ring (bicyclic) bond motifs is 15. The van der Waals surface area contributed by atoms with Gasteiger partial charge in [0.25, 0.3) is 0 Å². The second-order valence-corrected chi connectivity index (χ2v) is 19.5. The largest absolute Gasteiger partial charge is 0.455 e. The van der Waals surface area contributed by atoms with Crippen molar-refractivity contribution in [3.05, 3.63) is 216 Å². The van der Waals surface area contributed by atoms with Crippen molar-refractivity contribution in [1.82, 2.24) is 0 Å². The monoisotopic (exact) mass is 840 g/mol. The number of thiophene rings is 1. The molecular formula is C60H44N2OS. The normalized spacial score (nSPS) is 14.2. The van der Waals surface area contributed by atoms with Crippen LogP contribution in [0.3, 0.4) is 0 Å². The Balaban J connectivity index is 1.10. The SMILES string of the molecule is CC1(C)c2cc(N(c3ccccc3)c3ccccc3)c3c(oc4ccccc43)c2-c2ccc3c(c21)C(C)(C)c1cc(N(c2ccccc2)c2ccccc2)c2sc4ccccc4c2c1-3. The number of anilines is 6. The van der Waals surface area contributed by atoms with Crippen molar-refractivity contribution in [3.8, 4) is 22.3 Å². The van der Waals surface area contributed by atoms with Crippen LogP contribution < -0.4 is 9.80 Å². The van der Waals surface area contributed by atoms with E-state index in [1.807, 2.05) is 11.3 Å². The number of nitrogens with zero attached hydrogens (tertiary/aromatic N) is 2. The molecule has 13 rings (SSSR count). The van der Waals surface area contributed by atoms with Crippen molar-refractivity contribution in [2.45, 2.75) is 38.5 Å². The number of hydrogen-bond donors (Lipinski definition) is 0. The summed E-state index contributed by atoms with van der Waals surface area (Å²) in [5.74, 6) is 0. The first-order valence-electron chi connectivity index (χ1n) is 22.3. The van der Waals surface area contributed by atoms with E-state index in [1.165, 1.54) is 70.4 Å². The first-order valence-corrected chi connectivity index (χ1v) is 23.1. The number of furan rings is 1. The molecule has 9 aromatic carbocycles. The number of hydrogen-bond acceptors (Lipinski definition) is 4. The molecule has 0 atom stereocenters. The Bertz CT molecular complexity index is 3580. The Morgan fingerprint density at radius 1 is 0.422 bits per heavy atom. The summed E-state index contributed by atoms with van der Waals surface area (Å²) in [5.41, 5.74) is 18.6. The van der Waals surface area contributed by atoms with E-state index in [4.69, 9.17) is 4.42 Å². The molecule has 2 aliphatic rings. The van der Waals surface area contributed by atoms with Crippen molar-refractivity contribution in [2.24, 2.45) is 0 Å². The summed E-state index contributed by atoms with van der Waals surface area (Å²) in [4.78, 5) is 4.88. The minimum Gasteiger partial charge on any atom is -0.455 e. The molecule has 2 aliphatic carbocycles. The summed E-state index contributed by atoms with van der Waals surface area (Å²) < 4.78 is 9.73. The summed E-state index contributed by atoms with van der Waals surface area (Å²) in [7, 11) is 0. The predicted molar refractivity (Wildman–Crippen MR) is 271 cm³/mol. The maximum Gasteiger partial charge on any atom is 0.145 e. The van der Waals surface area contributed by atoms with E-state index in [0.29, 0.717) is 0 Å². The molecule has 64 heavy (non-hydrogen) atoms. The van der Waals surface area contributed by atoms with Crippen molar-refractivity contribution in [1.29, 1.82) is 0 Å². The highest BCUT2D eigenvalue weighted by molar-refractivity contribution is 7.26. The highest BCUT2D eigenvalue weighted by Gasteiger charge is 2.48. The van der Waals surface area contributed by atoms with E-state index in [0.717, 1.165) is 50.4 Å². The minimum atomic E-state index is -0.366. The lowest BCUT2D eigenvalue weighted by atomic mass is 9.72. The average molecular weight is 841 g/mol. The quantitative estimate of drug-likeness (QED) is 0.166. The number of para-hydroxylation sites is 5. The molecule has 11 aromatic rings. The van der Waals surface area contributed by atoms with Crippen molar-refractivity contribution < 1.29 is 4.42 Å². The van der Waals surface area contributed by atoms with Gasteiger partial charge in [-0.3, -0.25) is 0 Å². The Labute approximate surface area is 377 Å². The Kier molecular flexibility index (Phi) is 7.87. The summed E-state index contributed by atoms with van der Waals surface area (Å²) in [5, 5.41) is 4.90. The average Bonchev–Trinajstić information content (AvgIpc) is 4.04. The second kappa shape index (κ2) is 13.6. The van der Waals surface area contributed by atoms with Gasteiger partial charge in [-0.1, -0.05) is 149 Å². The lowest BCUT2D eigenvalue weighted by molar-refractivity contribution is 0.601. The summed E-state index contributed by atoms with van der Waals surface area (Å²) in [6, 6.07) is 70.7. The first-order chi connectivity index (χ1) is 31.3. The van der Waals surface area contributed by atoms with Gasteiger partial charge in [0, 0.05) is 60.0 Å². The topological polar surface area (TPSA) is 19.6 Å². The van der Waals surface area contributed by atoms with Crippen molar-refractivity contribution in [2.75, 3.05) is 9.80 Å². The van der Waals surface area contributed by atoms with Crippen LogP contribution in [0.15, 0.2) is 199 Å². The van der Waals surface area contributed by atoms with E-state index in [1.54, 1.807) is 0 Å². The van der Waals surface area contributed by atoms with Gasteiger partial charge < -0.3 is 14.2 Å². The van der Waals surface area contributed by atoms with Gasteiger partial charge in [-0.15, -0.1) is 11.3 Å². The van der Waals surface area contributed by atoms with Crippen LogP contribution in [-0.4, -0.2) is 0 Å².